The van der Waals surface area contributed by atoms with Gasteiger partial charge in [-0.1, -0.05) is 53.7 Å². The van der Waals surface area contributed by atoms with Gasteiger partial charge in [-0.25, -0.2) is 9.89 Å². The van der Waals surface area contributed by atoms with Crippen LogP contribution >= 0.6 is 23.4 Å². The number of hydrogen-bond acceptors (Lipinski definition) is 6. The fourth-order valence-corrected chi connectivity index (χ4v) is 3.66. The van der Waals surface area contributed by atoms with Gasteiger partial charge in [0.05, 0.1) is 18.4 Å². The van der Waals surface area contributed by atoms with Crippen LogP contribution in [0.4, 0.5) is 0 Å². The molecule has 0 radical (unpaired) electrons. The van der Waals surface area contributed by atoms with Crippen molar-refractivity contribution in [3.8, 4) is 5.75 Å². The molecule has 0 aliphatic rings. The van der Waals surface area contributed by atoms with Gasteiger partial charge in [0, 0.05) is 11.6 Å². The molecule has 0 fully saturated rings. The van der Waals surface area contributed by atoms with E-state index in [2.05, 4.69) is 21.0 Å². The van der Waals surface area contributed by atoms with Crippen LogP contribution in [0.2, 0.25) is 5.02 Å². The predicted octanol–water partition coefficient (Wildman–Crippen LogP) is 2.03. The number of amides is 2. The predicted molar refractivity (Wildman–Crippen MR) is 117 cm³/mol. The third-order valence-corrected chi connectivity index (χ3v) is 5.46. The molecule has 9 nitrogen and oxygen atoms in total. The molecule has 0 saturated carbocycles. The van der Waals surface area contributed by atoms with E-state index < -0.39 is 11.8 Å². The second-order valence-electron chi connectivity index (χ2n) is 6.33. The number of aromatic amines is 1. The van der Waals surface area contributed by atoms with E-state index in [1.165, 1.54) is 17.7 Å². The SMILES string of the molecule is COc1ccc(Cl)cc1C(=O)NNC(=O)CSc1n[nH]c(=O)n1CCc1ccccc1. The van der Waals surface area contributed by atoms with Crippen LogP contribution in [-0.2, 0) is 17.8 Å². The Morgan fingerprint density at radius 3 is 2.71 bits per heavy atom. The number of methoxy groups -OCH3 is 1. The van der Waals surface area contributed by atoms with Crippen LogP contribution < -0.4 is 21.3 Å². The zero-order valence-electron chi connectivity index (χ0n) is 16.6. The van der Waals surface area contributed by atoms with E-state index >= 15 is 0 Å². The Morgan fingerprint density at radius 1 is 1.19 bits per heavy atom. The van der Waals surface area contributed by atoms with E-state index in [0.717, 1.165) is 17.3 Å². The summed E-state index contributed by atoms with van der Waals surface area (Å²) in [6.07, 6.45) is 0.650. The second-order valence-corrected chi connectivity index (χ2v) is 7.71. The van der Waals surface area contributed by atoms with Crippen molar-refractivity contribution in [2.24, 2.45) is 0 Å². The molecule has 31 heavy (non-hydrogen) atoms. The third kappa shape index (κ3) is 6.12. The van der Waals surface area contributed by atoms with Gasteiger partial charge >= 0.3 is 5.69 Å². The lowest BCUT2D eigenvalue weighted by atomic mass is 10.1. The van der Waals surface area contributed by atoms with E-state index in [1.54, 1.807) is 12.1 Å². The number of aromatic nitrogens is 3. The third-order valence-electron chi connectivity index (χ3n) is 4.24. The van der Waals surface area contributed by atoms with Gasteiger partial charge in [-0.2, -0.15) is 0 Å². The Bertz CT molecular complexity index is 1120. The normalized spacial score (nSPS) is 10.5. The number of nitrogens with zero attached hydrogens (tertiary/aromatic N) is 2. The lowest BCUT2D eigenvalue weighted by Crippen LogP contribution is -2.42. The molecule has 0 aliphatic heterocycles. The lowest BCUT2D eigenvalue weighted by Gasteiger charge is -2.10. The maximum atomic E-state index is 12.3. The largest absolute Gasteiger partial charge is 0.496 e. The molecule has 3 aromatic rings. The van der Waals surface area contributed by atoms with Gasteiger partial charge in [-0.05, 0) is 30.2 Å². The molecule has 1 heterocycles. The molecule has 3 rings (SSSR count). The Kier molecular flexibility index (Phi) is 7.74. The number of nitrogens with one attached hydrogen (secondary N) is 3. The first kappa shape index (κ1) is 22.4. The van der Waals surface area contributed by atoms with E-state index in [4.69, 9.17) is 16.3 Å². The summed E-state index contributed by atoms with van der Waals surface area (Å²) in [6.45, 7) is 0.425. The Labute approximate surface area is 187 Å². The highest BCUT2D eigenvalue weighted by atomic mass is 35.5. The molecule has 0 bridgehead atoms. The first-order valence-electron chi connectivity index (χ1n) is 9.22. The fraction of sp³-hybridized carbons (Fsp3) is 0.200. The zero-order valence-corrected chi connectivity index (χ0v) is 18.1. The van der Waals surface area contributed by atoms with Crippen molar-refractivity contribution in [2.75, 3.05) is 12.9 Å². The van der Waals surface area contributed by atoms with Crippen LogP contribution in [0, 0.1) is 0 Å². The molecule has 0 spiro atoms. The topological polar surface area (TPSA) is 118 Å². The van der Waals surface area contributed by atoms with Crippen LogP contribution in [0.3, 0.4) is 0 Å². The van der Waals surface area contributed by atoms with Crippen LogP contribution in [0.15, 0.2) is 58.5 Å². The highest BCUT2D eigenvalue weighted by Crippen LogP contribution is 2.22. The summed E-state index contributed by atoms with van der Waals surface area (Å²) in [5.41, 5.74) is 5.56. The Morgan fingerprint density at radius 2 is 1.97 bits per heavy atom. The standard InChI is InChI=1S/C20H20ClN5O4S/c1-30-16-8-7-14(21)11-15(16)18(28)23-22-17(27)12-31-20-25-24-19(29)26(20)10-9-13-5-3-2-4-6-13/h2-8,11H,9-10,12H2,1H3,(H,22,27)(H,23,28)(H,24,29). The number of carbonyl (C=O) groups excluding carboxylic acids is 2. The lowest BCUT2D eigenvalue weighted by molar-refractivity contribution is -0.119. The average molecular weight is 462 g/mol. The molecule has 0 aliphatic carbocycles. The molecule has 0 atom stereocenters. The summed E-state index contributed by atoms with van der Waals surface area (Å²) in [5.74, 6) is -0.770. The monoisotopic (exact) mass is 461 g/mol. The number of ether oxygens (including phenoxy) is 1. The van der Waals surface area contributed by atoms with Gasteiger partial charge < -0.3 is 4.74 Å². The van der Waals surface area contributed by atoms with Gasteiger partial charge in [-0.15, -0.1) is 5.10 Å². The number of hydrogen-bond donors (Lipinski definition) is 3. The van der Waals surface area contributed by atoms with Crippen LogP contribution in [-0.4, -0.2) is 39.4 Å². The summed E-state index contributed by atoms with van der Waals surface area (Å²) in [6, 6.07) is 14.3. The molecule has 2 aromatic carbocycles. The minimum absolute atomic E-state index is 0.0530. The molecular weight excluding hydrogens is 442 g/mol. The van der Waals surface area contributed by atoms with E-state index in [9.17, 15) is 14.4 Å². The Balaban J connectivity index is 1.53. The molecular formula is C20H20ClN5O4S. The molecule has 1 aromatic heterocycles. The molecule has 0 saturated heterocycles. The summed E-state index contributed by atoms with van der Waals surface area (Å²) in [5, 5.41) is 7.11. The highest BCUT2D eigenvalue weighted by molar-refractivity contribution is 7.99. The summed E-state index contributed by atoms with van der Waals surface area (Å²) in [4.78, 5) is 36.5. The van der Waals surface area contributed by atoms with Gasteiger partial charge in [0.15, 0.2) is 5.16 Å². The average Bonchev–Trinajstić information content (AvgIpc) is 3.14. The fourth-order valence-electron chi connectivity index (χ4n) is 2.71. The van der Waals surface area contributed by atoms with Crippen molar-refractivity contribution in [3.05, 3.63) is 75.2 Å². The second kappa shape index (κ2) is 10.7. The van der Waals surface area contributed by atoms with Crippen molar-refractivity contribution >= 4 is 35.2 Å². The van der Waals surface area contributed by atoms with Gasteiger partial charge in [0.1, 0.15) is 5.75 Å². The first-order chi connectivity index (χ1) is 15.0. The summed E-state index contributed by atoms with van der Waals surface area (Å²) < 4.78 is 6.60. The number of hydrazine groups is 1. The molecule has 11 heteroatoms. The number of rotatable bonds is 8. The van der Waals surface area contributed by atoms with E-state index in [1.807, 2.05) is 30.3 Å². The maximum absolute atomic E-state index is 12.3. The molecule has 2 amide bonds. The molecule has 0 unspecified atom stereocenters. The minimum Gasteiger partial charge on any atom is -0.496 e. The minimum atomic E-state index is -0.572. The van der Waals surface area contributed by atoms with Crippen LogP contribution in [0.25, 0.3) is 0 Å². The van der Waals surface area contributed by atoms with Crippen molar-refractivity contribution in [1.82, 2.24) is 25.6 Å². The Hall–Kier alpha value is -3.24. The first-order valence-corrected chi connectivity index (χ1v) is 10.6. The number of carbonyl (C=O) groups is 2. The highest BCUT2D eigenvalue weighted by Gasteiger charge is 2.15. The number of thioether (sulfide) groups is 1. The molecule has 162 valence electrons. The molecule has 3 N–H and O–H groups in total. The van der Waals surface area contributed by atoms with Gasteiger partial charge in [0.2, 0.25) is 5.91 Å². The van der Waals surface area contributed by atoms with Crippen LogP contribution in [0.1, 0.15) is 15.9 Å². The van der Waals surface area contributed by atoms with Gasteiger partial charge in [0.25, 0.3) is 5.91 Å². The number of benzene rings is 2. The van der Waals surface area contributed by atoms with Crippen molar-refractivity contribution in [2.45, 2.75) is 18.1 Å². The smallest absolute Gasteiger partial charge is 0.343 e. The zero-order chi connectivity index (χ0) is 22.2. The van der Waals surface area contributed by atoms with Gasteiger partial charge in [-0.3, -0.25) is 25.0 Å². The van der Waals surface area contributed by atoms with Crippen LogP contribution in [0.5, 0.6) is 5.75 Å². The maximum Gasteiger partial charge on any atom is 0.343 e. The van der Waals surface area contributed by atoms with Crippen molar-refractivity contribution in [3.63, 3.8) is 0 Å². The van der Waals surface area contributed by atoms with Crippen molar-refractivity contribution in [1.29, 1.82) is 0 Å². The summed E-state index contributed by atoms with van der Waals surface area (Å²) in [7, 11) is 1.43. The van der Waals surface area contributed by atoms with E-state index in [-0.39, 0.29) is 17.0 Å². The number of H-pyrrole nitrogens is 1. The summed E-state index contributed by atoms with van der Waals surface area (Å²) >= 11 is 7.00. The van der Waals surface area contributed by atoms with E-state index in [0.29, 0.717) is 28.9 Å². The number of aryl methyl sites for hydroxylation is 1. The quantitative estimate of drug-likeness (QED) is 0.349. The number of halogens is 1. The van der Waals surface area contributed by atoms with Crippen molar-refractivity contribution < 1.29 is 14.3 Å².